The summed E-state index contributed by atoms with van der Waals surface area (Å²) >= 11 is 3.50. The Morgan fingerprint density at radius 2 is 1.94 bits per heavy atom. The third kappa shape index (κ3) is 3.18. The van der Waals surface area contributed by atoms with Crippen molar-refractivity contribution in [1.29, 1.82) is 0 Å². The van der Waals surface area contributed by atoms with Gasteiger partial charge in [0.05, 0.1) is 0 Å². The van der Waals surface area contributed by atoms with Crippen molar-refractivity contribution in [2.45, 2.75) is 19.4 Å². The lowest BCUT2D eigenvalue weighted by Crippen LogP contribution is -2.14. The van der Waals surface area contributed by atoms with Crippen LogP contribution in [0.4, 0.5) is 4.39 Å². The van der Waals surface area contributed by atoms with Gasteiger partial charge in [-0.25, -0.2) is 4.39 Å². The fourth-order valence-electron chi connectivity index (χ4n) is 2.00. The van der Waals surface area contributed by atoms with Crippen LogP contribution in [-0.4, -0.2) is 0 Å². The van der Waals surface area contributed by atoms with E-state index in [0.29, 0.717) is 6.42 Å². The third-order valence-corrected chi connectivity index (χ3v) is 3.66. The van der Waals surface area contributed by atoms with E-state index in [1.54, 1.807) is 0 Å². The number of halogens is 2. The lowest BCUT2D eigenvalue weighted by atomic mass is 9.98. The molecule has 0 aliphatic carbocycles. The van der Waals surface area contributed by atoms with Crippen molar-refractivity contribution in [2.24, 2.45) is 5.73 Å². The molecule has 1 atom stereocenters. The number of benzene rings is 2. The first kappa shape index (κ1) is 13.2. The van der Waals surface area contributed by atoms with E-state index >= 15 is 0 Å². The monoisotopic (exact) mass is 307 g/mol. The van der Waals surface area contributed by atoms with Gasteiger partial charge >= 0.3 is 0 Å². The zero-order valence-corrected chi connectivity index (χ0v) is 11.7. The summed E-state index contributed by atoms with van der Waals surface area (Å²) in [7, 11) is 0. The summed E-state index contributed by atoms with van der Waals surface area (Å²) in [6.45, 7) is 1.87. The number of hydrogen-bond acceptors (Lipinski definition) is 1. The molecule has 2 aromatic rings. The molecule has 0 fully saturated rings. The van der Waals surface area contributed by atoms with Crippen molar-refractivity contribution < 1.29 is 4.39 Å². The molecule has 0 radical (unpaired) electrons. The fraction of sp³-hybridized carbons (Fsp3) is 0.200. The Hall–Kier alpha value is -1.19. The zero-order valence-electron chi connectivity index (χ0n) is 10.2. The van der Waals surface area contributed by atoms with E-state index in [0.717, 1.165) is 21.2 Å². The molecule has 94 valence electrons. The minimum Gasteiger partial charge on any atom is -0.324 e. The van der Waals surface area contributed by atoms with Crippen LogP contribution in [0.1, 0.15) is 22.7 Å². The van der Waals surface area contributed by atoms with Gasteiger partial charge < -0.3 is 5.73 Å². The maximum Gasteiger partial charge on any atom is 0.123 e. The molecule has 0 amide bonds. The molecule has 3 heteroatoms. The highest BCUT2D eigenvalue weighted by molar-refractivity contribution is 9.10. The molecular weight excluding hydrogens is 293 g/mol. The van der Waals surface area contributed by atoms with Crippen molar-refractivity contribution in [3.63, 3.8) is 0 Å². The van der Waals surface area contributed by atoms with Gasteiger partial charge in [0, 0.05) is 10.5 Å². The Bertz CT molecular complexity index is 534. The predicted molar refractivity (Wildman–Crippen MR) is 75.9 cm³/mol. The number of hydrogen-bond donors (Lipinski definition) is 1. The second kappa shape index (κ2) is 5.63. The SMILES string of the molecule is Cc1cc(F)cc(C(N)Cc2ccccc2Br)c1. The molecular formula is C15H15BrFN. The first-order valence-electron chi connectivity index (χ1n) is 5.82. The van der Waals surface area contributed by atoms with Crippen LogP contribution in [0.15, 0.2) is 46.9 Å². The Kier molecular flexibility index (Phi) is 4.15. The lowest BCUT2D eigenvalue weighted by Gasteiger charge is -2.14. The first-order valence-corrected chi connectivity index (χ1v) is 6.61. The van der Waals surface area contributed by atoms with Crippen molar-refractivity contribution in [1.82, 2.24) is 0 Å². The predicted octanol–water partition coefficient (Wildman–Crippen LogP) is 4.14. The summed E-state index contributed by atoms with van der Waals surface area (Å²) in [5.74, 6) is -0.229. The van der Waals surface area contributed by atoms with E-state index in [2.05, 4.69) is 15.9 Å². The molecule has 0 saturated carbocycles. The fourth-order valence-corrected chi connectivity index (χ4v) is 2.44. The van der Waals surface area contributed by atoms with Crippen LogP contribution < -0.4 is 5.73 Å². The summed E-state index contributed by atoms with van der Waals surface area (Å²) in [4.78, 5) is 0. The normalized spacial score (nSPS) is 12.4. The third-order valence-electron chi connectivity index (χ3n) is 2.89. The van der Waals surface area contributed by atoms with Crippen LogP contribution >= 0.6 is 15.9 Å². The van der Waals surface area contributed by atoms with Gasteiger partial charge in [-0.1, -0.05) is 40.2 Å². The second-order valence-corrected chi connectivity index (χ2v) is 5.32. The van der Waals surface area contributed by atoms with Gasteiger partial charge in [0.15, 0.2) is 0 Å². The van der Waals surface area contributed by atoms with E-state index < -0.39 is 0 Å². The summed E-state index contributed by atoms with van der Waals surface area (Å²) in [6.07, 6.45) is 0.685. The molecule has 1 nitrogen and oxygen atoms in total. The average Bonchev–Trinajstić information content (AvgIpc) is 2.31. The highest BCUT2D eigenvalue weighted by Gasteiger charge is 2.10. The molecule has 0 aromatic heterocycles. The van der Waals surface area contributed by atoms with Crippen LogP contribution in [0.25, 0.3) is 0 Å². The quantitative estimate of drug-likeness (QED) is 0.906. The maximum atomic E-state index is 13.3. The molecule has 1 unspecified atom stereocenters. The van der Waals surface area contributed by atoms with Crippen molar-refractivity contribution in [3.8, 4) is 0 Å². The van der Waals surface area contributed by atoms with Gasteiger partial charge in [-0.15, -0.1) is 0 Å². The van der Waals surface area contributed by atoms with Crippen LogP contribution in [0, 0.1) is 12.7 Å². The van der Waals surface area contributed by atoms with E-state index in [4.69, 9.17) is 5.73 Å². The highest BCUT2D eigenvalue weighted by atomic mass is 79.9. The molecule has 0 saturated heterocycles. The highest BCUT2D eigenvalue weighted by Crippen LogP contribution is 2.23. The zero-order chi connectivity index (χ0) is 13.1. The van der Waals surface area contributed by atoms with Gasteiger partial charge in [-0.3, -0.25) is 0 Å². The molecule has 0 aliphatic heterocycles. The summed E-state index contributed by atoms with van der Waals surface area (Å²) in [6, 6.07) is 12.7. The van der Waals surface area contributed by atoms with E-state index in [-0.39, 0.29) is 11.9 Å². The lowest BCUT2D eigenvalue weighted by molar-refractivity contribution is 0.617. The number of rotatable bonds is 3. The van der Waals surface area contributed by atoms with Gasteiger partial charge in [-0.05, 0) is 48.2 Å². The average molecular weight is 308 g/mol. The van der Waals surface area contributed by atoms with Crippen molar-refractivity contribution >= 4 is 15.9 Å². The van der Waals surface area contributed by atoms with Crippen molar-refractivity contribution in [2.75, 3.05) is 0 Å². The van der Waals surface area contributed by atoms with Gasteiger partial charge in [0.25, 0.3) is 0 Å². The van der Waals surface area contributed by atoms with E-state index in [1.807, 2.05) is 37.3 Å². The molecule has 0 bridgehead atoms. The van der Waals surface area contributed by atoms with Crippen molar-refractivity contribution in [3.05, 3.63) is 69.4 Å². The van der Waals surface area contributed by atoms with Crippen LogP contribution in [-0.2, 0) is 6.42 Å². The molecule has 0 spiro atoms. The number of aryl methyl sites for hydroxylation is 1. The Labute approximate surface area is 115 Å². The largest absolute Gasteiger partial charge is 0.324 e. The van der Waals surface area contributed by atoms with Gasteiger partial charge in [0.2, 0.25) is 0 Å². The molecule has 0 heterocycles. The smallest absolute Gasteiger partial charge is 0.123 e. The summed E-state index contributed by atoms with van der Waals surface area (Å²) in [5.41, 5.74) is 9.01. The molecule has 18 heavy (non-hydrogen) atoms. The van der Waals surface area contributed by atoms with Crippen LogP contribution in [0.5, 0.6) is 0 Å². The standard InChI is InChI=1S/C15H15BrFN/c1-10-6-12(8-13(17)7-10)15(18)9-11-4-2-3-5-14(11)16/h2-8,15H,9,18H2,1H3. The van der Waals surface area contributed by atoms with Crippen LogP contribution in [0.2, 0.25) is 0 Å². The Morgan fingerprint density at radius 3 is 2.61 bits per heavy atom. The second-order valence-electron chi connectivity index (χ2n) is 4.46. The molecule has 2 N–H and O–H groups in total. The summed E-state index contributed by atoms with van der Waals surface area (Å²) < 4.78 is 14.4. The van der Waals surface area contributed by atoms with Gasteiger partial charge in [0.1, 0.15) is 5.82 Å². The minimum absolute atomic E-state index is 0.196. The molecule has 2 aromatic carbocycles. The van der Waals surface area contributed by atoms with E-state index in [9.17, 15) is 4.39 Å². The molecule has 2 rings (SSSR count). The Morgan fingerprint density at radius 1 is 1.22 bits per heavy atom. The first-order chi connectivity index (χ1) is 8.56. The Balaban J connectivity index is 2.22. The van der Waals surface area contributed by atoms with Gasteiger partial charge in [-0.2, -0.15) is 0 Å². The maximum absolute atomic E-state index is 13.3. The molecule has 0 aliphatic rings. The number of nitrogens with two attached hydrogens (primary N) is 1. The summed E-state index contributed by atoms with van der Waals surface area (Å²) in [5, 5.41) is 0. The minimum atomic E-state index is -0.229. The van der Waals surface area contributed by atoms with E-state index in [1.165, 1.54) is 12.1 Å². The topological polar surface area (TPSA) is 26.0 Å². The van der Waals surface area contributed by atoms with Crippen LogP contribution in [0.3, 0.4) is 0 Å².